The molecule has 4 aromatic carbocycles. The molecule has 10 nitrogen and oxygen atoms in total. The summed E-state index contributed by atoms with van der Waals surface area (Å²) >= 11 is 0. The molecule has 5 rings (SSSR count). The smallest absolute Gasteiger partial charge is 0.407 e. The van der Waals surface area contributed by atoms with Gasteiger partial charge in [-0.25, -0.2) is 9.78 Å². The number of benzene rings is 4. The molecular formula is C40H45N5O5. The largest absolute Gasteiger partial charge is 0.444 e. The van der Waals surface area contributed by atoms with Crippen molar-refractivity contribution in [1.29, 1.82) is 0 Å². The number of amides is 3. The summed E-state index contributed by atoms with van der Waals surface area (Å²) in [6.45, 7) is 5.44. The number of nitrogens with one attached hydrogen (secondary N) is 4. The van der Waals surface area contributed by atoms with Gasteiger partial charge in [0.1, 0.15) is 17.5 Å². The number of ether oxygens (including phenoxy) is 1. The van der Waals surface area contributed by atoms with Gasteiger partial charge in [0.15, 0.2) is 0 Å². The van der Waals surface area contributed by atoms with Crippen molar-refractivity contribution in [2.24, 2.45) is 5.92 Å². The number of aromatic nitrogens is 2. The number of hydrogen-bond donors (Lipinski definition) is 5. The second-order valence-electron chi connectivity index (χ2n) is 13.4. The maximum Gasteiger partial charge on any atom is 0.407 e. The van der Waals surface area contributed by atoms with Crippen LogP contribution in [0, 0.1) is 5.92 Å². The fraction of sp³-hybridized carbons (Fsp3) is 0.300. The van der Waals surface area contributed by atoms with Crippen LogP contribution in [0.15, 0.2) is 115 Å². The number of carbonyl (C=O) groups excluding carboxylic acids is 3. The molecule has 0 aliphatic carbocycles. The molecule has 10 heteroatoms. The fourth-order valence-corrected chi connectivity index (χ4v) is 5.82. The van der Waals surface area contributed by atoms with Crippen LogP contribution in [0.25, 0.3) is 11.0 Å². The quantitative estimate of drug-likeness (QED) is 0.101. The number of H-pyrrole nitrogens is 1. The predicted molar refractivity (Wildman–Crippen MR) is 193 cm³/mol. The van der Waals surface area contributed by atoms with Gasteiger partial charge in [-0.1, -0.05) is 103 Å². The molecule has 0 saturated carbocycles. The Morgan fingerprint density at radius 2 is 1.34 bits per heavy atom. The fourth-order valence-electron chi connectivity index (χ4n) is 5.82. The van der Waals surface area contributed by atoms with E-state index in [0.29, 0.717) is 24.2 Å². The van der Waals surface area contributed by atoms with Crippen molar-refractivity contribution < 1.29 is 24.2 Å². The summed E-state index contributed by atoms with van der Waals surface area (Å²) in [6, 6.07) is 33.9. The number of alkyl carbamates (subject to hydrolysis) is 1. The molecule has 0 bridgehead atoms. The highest BCUT2D eigenvalue weighted by molar-refractivity contribution is 5.89. The van der Waals surface area contributed by atoms with Crippen molar-refractivity contribution in [1.82, 2.24) is 25.9 Å². The number of para-hydroxylation sites is 2. The van der Waals surface area contributed by atoms with Crippen LogP contribution in [0.1, 0.15) is 55.7 Å². The molecule has 0 radical (unpaired) electrons. The highest BCUT2D eigenvalue weighted by atomic mass is 16.6. The first-order chi connectivity index (χ1) is 24.0. The van der Waals surface area contributed by atoms with Gasteiger partial charge in [-0.15, -0.1) is 0 Å². The number of nitrogens with zero attached hydrogens (tertiary/aromatic N) is 1. The number of hydrogen-bond acceptors (Lipinski definition) is 6. The van der Waals surface area contributed by atoms with Crippen LogP contribution in [0.5, 0.6) is 0 Å². The van der Waals surface area contributed by atoms with Crippen LogP contribution in [-0.2, 0) is 33.7 Å². The Morgan fingerprint density at radius 3 is 1.96 bits per heavy atom. The zero-order valence-corrected chi connectivity index (χ0v) is 28.6. The van der Waals surface area contributed by atoms with Gasteiger partial charge < -0.3 is 30.8 Å². The summed E-state index contributed by atoms with van der Waals surface area (Å²) in [6.07, 6.45) is -1.16. The van der Waals surface area contributed by atoms with E-state index in [0.717, 1.165) is 22.2 Å². The topological polar surface area (TPSA) is 145 Å². The van der Waals surface area contributed by atoms with Crippen LogP contribution in [0.4, 0.5) is 4.79 Å². The SMILES string of the molecule is CC(C)(C)OC(=O)N[C@@H](Cc1ccccc1)[C@@H](O)C[C@@H](Cc1ccccc1)C(=O)NC(C(=O)NCc1nc2ccccc2[nH]1)c1ccccc1. The molecule has 0 spiro atoms. The molecule has 260 valence electrons. The first kappa shape index (κ1) is 35.8. The van der Waals surface area contributed by atoms with Crippen molar-refractivity contribution >= 4 is 28.9 Å². The van der Waals surface area contributed by atoms with E-state index in [9.17, 15) is 19.5 Å². The van der Waals surface area contributed by atoms with Crippen molar-refractivity contribution in [2.45, 2.75) is 70.4 Å². The molecule has 1 aromatic heterocycles. The molecule has 4 atom stereocenters. The Balaban J connectivity index is 1.36. The summed E-state index contributed by atoms with van der Waals surface area (Å²) in [5.41, 5.74) is 3.32. The molecule has 0 fully saturated rings. The Hall–Kier alpha value is -5.48. The van der Waals surface area contributed by atoms with Gasteiger partial charge in [-0.05, 0) is 68.9 Å². The molecule has 5 N–H and O–H groups in total. The number of rotatable bonds is 14. The summed E-state index contributed by atoms with van der Waals surface area (Å²) < 4.78 is 5.51. The summed E-state index contributed by atoms with van der Waals surface area (Å²) in [4.78, 5) is 48.6. The number of aliphatic hydroxyl groups is 1. The highest BCUT2D eigenvalue weighted by Crippen LogP contribution is 2.22. The van der Waals surface area contributed by atoms with Crippen LogP contribution in [-0.4, -0.2) is 50.7 Å². The lowest BCUT2D eigenvalue weighted by atomic mass is 9.88. The molecule has 0 aliphatic heterocycles. The minimum Gasteiger partial charge on any atom is -0.444 e. The highest BCUT2D eigenvalue weighted by Gasteiger charge is 2.32. The molecule has 0 aliphatic rings. The molecule has 5 aromatic rings. The average Bonchev–Trinajstić information content (AvgIpc) is 3.52. The number of aromatic amines is 1. The molecule has 1 unspecified atom stereocenters. The molecular weight excluding hydrogens is 630 g/mol. The van der Waals surface area contributed by atoms with Gasteiger partial charge in [0.05, 0.1) is 29.7 Å². The maximum atomic E-state index is 14.2. The third kappa shape index (κ3) is 10.5. The van der Waals surface area contributed by atoms with Crippen LogP contribution < -0.4 is 16.0 Å². The Kier molecular flexibility index (Phi) is 12.0. The second-order valence-corrected chi connectivity index (χ2v) is 13.4. The van der Waals surface area contributed by atoms with E-state index < -0.39 is 47.6 Å². The summed E-state index contributed by atoms with van der Waals surface area (Å²) in [5, 5.41) is 20.4. The lowest BCUT2D eigenvalue weighted by molar-refractivity contribution is -0.132. The maximum absolute atomic E-state index is 14.2. The van der Waals surface area contributed by atoms with E-state index in [2.05, 4.69) is 25.9 Å². The second kappa shape index (κ2) is 16.8. The number of fused-ring (bicyclic) bond motifs is 1. The third-order valence-electron chi connectivity index (χ3n) is 8.24. The van der Waals surface area contributed by atoms with E-state index in [1.54, 1.807) is 32.9 Å². The van der Waals surface area contributed by atoms with Gasteiger partial charge in [-0.3, -0.25) is 9.59 Å². The number of aliphatic hydroxyl groups excluding tert-OH is 1. The molecule has 50 heavy (non-hydrogen) atoms. The van der Waals surface area contributed by atoms with Crippen LogP contribution >= 0.6 is 0 Å². The third-order valence-corrected chi connectivity index (χ3v) is 8.24. The van der Waals surface area contributed by atoms with Gasteiger partial charge in [0, 0.05) is 5.92 Å². The lowest BCUT2D eigenvalue weighted by Gasteiger charge is -2.29. The van der Waals surface area contributed by atoms with Crippen molar-refractivity contribution in [3.8, 4) is 0 Å². The van der Waals surface area contributed by atoms with Crippen molar-refractivity contribution in [2.75, 3.05) is 0 Å². The van der Waals surface area contributed by atoms with Gasteiger partial charge >= 0.3 is 6.09 Å². The molecule has 1 heterocycles. The minimum atomic E-state index is -1.13. The first-order valence-corrected chi connectivity index (χ1v) is 16.9. The number of carbonyl (C=O) groups is 3. The standard InChI is InChI=1S/C40H45N5O5/c1-40(2,3)50-39(49)44-33(24-28-17-9-5-10-18-28)34(46)25-30(23-27-15-7-4-8-16-27)37(47)45-36(29-19-11-6-12-20-29)38(48)41-26-35-42-31-21-13-14-22-32(31)43-35/h4-22,30,33-34,36,46H,23-26H2,1-3H3,(H,41,48)(H,42,43)(H,44,49)(H,45,47)/t30-,33+,34+,36?/m1/s1. The van der Waals surface area contributed by atoms with Crippen LogP contribution in [0.2, 0.25) is 0 Å². The molecule has 0 saturated heterocycles. The first-order valence-electron chi connectivity index (χ1n) is 16.9. The van der Waals surface area contributed by atoms with E-state index in [-0.39, 0.29) is 13.0 Å². The van der Waals surface area contributed by atoms with Crippen LogP contribution in [0.3, 0.4) is 0 Å². The van der Waals surface area contributed by atoms with E-state index >= 15 is 0 Å². The van der Waals surface area contributed by atoms with Crippen molar-refractivity contribution in [3.63, 3.8) is 0 Å². The van der Waals surface area contributed by atoms with Gasteiger partial charge in [0.25, 0.3) is 0 Å². The minimum absolute atomic E-state index is 0.0101. The Bertz CT molecular complexity index is 1810. The monoisotopic (exact) mass is 675 g/mol. The Morgan fingerprint density at radius 1 is 0.760 bits per heavy atom. The summed E-state index contributed by atoms with van der Waals surface area (Å²) in [5.74, 6) is -0.973. The van der Waals surface area contributed by atoms with Crippen molar-refractivity contribution in [3.05, 3.63) is 138 Å². The Labute approximate surface area is 292 Å². The van der Waals surface area contributed by atoms with Gasteiger partial charge in [-0.2, -0.15) is 0 Å². The molecule has 3 amide bonds. The zero-order valence-electron chi connectivity index (χ0n) is 28.6. The lowest BCUT2D eigenvalue weighted by Crippen LogP contribution is -2.49. The predicted octanol–water partition coefficient (Wildman–Crippen LogP) is 5.78. The normalized spacial score (nSPS) is 13.8. The van der Waals surface area contributed by atoms with Gasteiger partial charge in [0.2, 0.25) is 11.8 Å². The van der Waals surface area contributed by atoms with E-state index in [1.165, 1.54) is 0 Å². The number of imidazole rings is 1. The zero-order chi connectivity index (χ0) is 35.5. The summed E-state index contributed by atoms with van der Waals surface area (Å²) in [7, 11) is 0. The van der Waals surface area contributed by atoms with E-state index in [4.69, 9.17) is 4.74 Å². The average molecular weight is 676 g/mol. The van der Waals surface area contributed by atoms with E-state index in [1.807, 2.05) is 103 Å².